The van der Waals surface area contributed by atoms with Crippen LogP contribution in [-0.2, 0) is 35.1 Å². The summed E-state index contributed by atoms with van der Waals surface area (Å²) < 4.78 is 15.8. The molecule has 204 valence electrons. The molecule has 4 aromatic rings. The second-order valence-corrected chi connectivity index (χ2v) is 12.8. The summed E-state index contributed by atoms with van der Waals surface area (Å²) in [6, 6.07) is 16.2. The van der Waals surface area contributed by atoms with Crippen molar-refractivity contribution in [2.75, 3.05) is 33.7 Å². The lowest BCUT2D eigenvalue weighted by atomic mass is 10.3. The number of hydrogen-bond donors (Lipinski definition) is 0. The van der Waals surface area contributed by atoms with Gasteiger partial charge in [0.25, 0.3) is 11.8 Å². The van der Waals surface area contributed by atoms with Gasteiger partial charge in [-0.25, -0.2) is 4.79 Å². The zero-order chi connectivity index (χ0) is 27.2. The fourth-order valence-corrected chi connectivity index (χ4v) is 7.86. The molecule has 12 heteroatoms. The van der Waals surface area contributed by atoms with Crippen molar-refractivity contribution in [1.82, 2.24) is 5.06 Å². The Balaban J connectivity index is 1.17. The Kier molecular flexibility index (Phi) is 9.35. The van der Waals surface area contributed by atoms with Crippen LogP contribution in [0, 0.1) is 0 Å². The normalized spacial score (nSPS) is 13.5. The molecule has 8 nitrogen and oxygen atoms in total. The third-order valence-electron chi connectivity index (χ3n) is 5.68. The summed E-state index contributed by atoms with van der Waals surface area (Å²) in [7, 11) is 1.64. The van der Waals surface area contributed by atoms with Crippen LogP contribution < -0.4 is 0 Å². The Morgan fingerprint density at radius 1 is 0.718 bits per heavy atom. The van der Waals surface area contributed by atoms with Crippen LogP contribution >= 0.6 is 45.3 Å². The Labute approximate surface area is 241 Å². The van der Waals surface area contributed by atoms with E-state index in [1.807, 2.05) is 12.1 Å². The largest absolute Gasteiger partial charge is 0.382 e. The predicted octanol–water partition coefficient (Wildman–Crippen LogP) is 6.33. The molecule has 1 fully saturated rings. The Morgan fingerprint density at radius 2 is 1.26 bits per heavy atom. The maximum atomic E-state index is 12.5. The summed E-state index contributed by atoms with van der Waals surface area (Å²) in [5.41, 5.74) is 0. The quantitative estimate of drug-likeness (QED) is 0.100. The van der Waals surface area contributed by atoms with Gasteiger partial charge in [0.15, 0.2) is 0 Å². The minimum Gasteiger partial charge on any atom is -0.382 e. The number of rotatable bonds is 13. The molecule has 0 spiro atoms. The lowest BCUT2D eigenvalue weighted by Gasteiger charge is -2.11. The number of carbonyl (C=O) groups excluding carboxylic acids is 3. The van der Waals surface area contributed by atoms with Crippen molar-refractivity contribution >= 4 is 63.1 Å². The van der Waals surface area contributed by atoms with Gasteiger partial charge in [-0.1, -0.05) is 0 Å². The highest BCUT2D eigenvalue weighted by Gasteiger charge is 2.33. The number of carbonyl (C=O) groups is 3. The Bertz CT molecular complexity index is 1430. The van der Waals surface area contributed by atoms with Gasteiger partial charge < -0.3 is 19.0 Å². The summed E-state index contributed by atoms with van der Waals surface area (Å²) in [6.45, 7) is 1.97. The van der Waals surface area contributed by atoms with Crippen LogP contribution in [0.25, 0.3) is 29.3 Å². The van der Waals surface area contributed by atoms with Gasteiger partial charge in [0.05, 0.1) is 19.8 Å². The number of methoxy groups -OCH3 is 1. The molecule has 0 atom stereocenters. The van der Waals surface area contributed by atoms with Crippen molar-refractivity contribution in [3.05, 3.63) is 58.3 Å². The van der Waals surface area contributed by atoms with E-state index < -0.39 is 17.8 Å². The summed E-state index contributed by atoms with van der Waals surface area (Å²) in [5, 5.41) is 0.574. The zero-order valence-corrected chi connectivity index (χ0v) is 24.3. The maximum Gasteiger partial charge on any atom is 0.373 e. The van der Waals surface area contributed by atoms with Crippen molar-refractivity contribution in [3.8, 4) is 29.3 Å². The molecule has 1 saturated heterocycles. The van der Waals surface area contributed by atoms with Crippen molar-refractivity contribution in [2.24, 2.45) is 0 Å². The van der Waals surface area contributed by atoms with E-state index in [0.29, 0.717) is 29.8 Å². The van der Waals surface area contributed by atoms with Gasteiger partial charge in [-0.2, -0.15) is 0 Å². The van der Waals surface area contributed by atoms with Crippen LogP contribution in [-0.4, -0.2) is 56.6 Å². The molecular formula is C27H25NO7S4. The monoisotopic (exact) mass is 603 g/mol. The first-order chi connectivity index (χ1) is 19.0. The molecule has 0 aliphatic carbocycles. The van der Waals surface area contributed by atoms with E-state index in [9.17, 15) is 14.4 Å². The molecule has 0 unspecified atom stereocenters. The number of nitrogens with zero attached hydrogens (tertiary/aromatic N) is 1. The van der Waals surface area contributed by atoms with E-state index in [2.05, 4.69) is 30.3 Å². The fraction of sp³-hybridized carbons (Fsp3) is 0.296. The van der Waals surface area contributed by atoms with Crippen LogP contribution in [0.15, 0.2) is 48.5 Å². The second-order valence-electron chi connectivity index (χ2n) is 8.40. The number of hydrogen-bond acceptors (Lipinski definition) is 11. The zero-order valence-electron chi connectivity index (χ0n) is 21.0. The SMILES string of the molecule is COCCOCOCCc1ccc(-c2ccc(-c3ccc(-c4ccc(C(=O)ON5C(=O)CCC5=O)s4)s3)s2)s1. The van der Waals surface area contributed by atoms with Gasteiger partial charge in [0, 0.05) is 60.5 Å². The van der Waals surface area contributed by atoms with E-state index in [1.165, 1.54) is 30.8 Å². The second kappa shape index (κ2) is 13.1. The molecule has 1 aliphatic heterocycles. The van der Waals surface area contributed by atoms with E-state index in [0.717, 1.165) is 21.1 Å². The van der Waals surface area contributed by atoms with Crippen LogP contribution in [0.2, 0.25) is 0 Å². The van der Waals surface area contributed by atoms with Crippen molar-refractivity contribution < 1.29 is 33.4 Å². The van der Waals surface area contributed by atoms with Crippen LogP contribution in [0.4, 0.5) is 0 Å². The summed E-state index contributed by atoms with van der Waals surface area (Å²) in [5.74, 6) is -1.68. The highest BCUT2D eigenvalue weighted by molar-refractivity contribution is 7.28. The highest BCUT2D eigenvalue weighted by Crippen LogP contribution is 2.43. The molecule has 0 bridgehead atoms. The molecule has 39 heavy (non-hydrogen) atoms. The first kappa shape index (κ1) is 27.8. The molecule has 0 N–H and O–H groups in total. The Hall–Kier alpha value is -2.71. The molecule has 2 amide bonds. The first-order valence-electron chi connectivity index (χ1n) is 12.1. The van der Waals surface area contributed by atoms with Gasteiger partial charge >= 0.3 is 5.97 Å². The molecule has 0 aromatic carbocycles. The van der Waals surface area contributed by atoms with Gasteiger partial charge in [-0.05, 0) is 48.5 Å². The lowest BCUT2D eigenvalue weighted by molar-refractivity contribution is -0.172. The predicted molar refractivity (Wildman–Crippen MR) is 153 cm³/mol. The molecule has 0 radical (unpaired) electrons. The lowest BCUT2D eigenvalue weighted by Crippen LogP contribution is -2.31. The van der Waals surface area contributed by atoms with Gasteiger partial charge in [0.2, 0.25) is 0 Å². The smallest absolute Gasteiger partial charge is 0.373 e. The van der Waals surface area contributed by atoms with Gasteiger partial charge in [-0.15, -0.1) is 50.4 Å². The summed E-state index contributed by atoms with van der Waals surface area (Å²) >= 11 is 6.44. The fourth-order valence-electron chi connectivity index (χ4n) is 3.71. The topological polar surface area (TPSA) is 91.4 Å². The summed E-state index contributed by atoms with van der Waals surface area (Å²) in [4.78, 5) is 49.2. The average molecular weight is 604 g/mol. The summed E-state index contributed by atoms with van der Waals surface area (Å²) in [6.07, 6.45) is 0.975. The van der Waals surface area contributed by atoms with E-state index in [1.54, 1.807) is 47.2 Å². The highest BCUT2D eigenvalue weighted by atomic mass is 32.1. The van der Waals surface area contributed by atoms with Crippen LogP contribution in [0.1, 0.15) is 27.4 Å². The molecule has 4 aromatic heterocycles. The number of thiophene rings is 4. The van der Waals surface area contributed by atoms with Crippen molar-refractivity contribution in [2.45, 2.75) is 19.3 Å². The van der Waals surface area contributed by atoms with Crippen molar-refractivity contribution in [3.63, 3.8) is 0 Å². The number of imide groups is 1. The molecular weight excluding hydrogens is 579 g/mol. The Morgan fingerprint density at radius 3 is 1.90 bits per heavy atom. The standard InChI is InChI=1S/C27H25NO7S4/c1-32-14-15-34-16-33-13-12-17-2-3-18(36-17)19-4-5-20(37-19)21-6-7-22(38-21)23-8-9-24(39-23)27(31)35-28-25(29)10-11-26(28)30/h2-9H,10-16H2,1H3. The molecule has 1 aliphatic rings. The van der Waals surface area contributed by atoms with Crippen LogP contribution in [0.5, 0.6) is 0 Å². The number of amides is 2. The van der Waals surface area contributed by atoms with Gasteiger partial charge in [-0.3, -0.25) is 9.59 Å². The molecule has 5 rings (SSSR count). The minimum atomic E-state index is -0.702. The number of hydroxylamine groups is 2. The van der Waals surface area contributed by atoms with E-state index in [4.69, 9.17) is 19.0 Å². The minimum absolute atomic E-state index is 0.0681. The molecule has 0 saturated carbocycles. The average Bonchev–Trinajstić information content (AvgIpc) is 3.75. The van der Waals surface area contributed by atoms with Crippen molar-refractivity contribution in [1.29, 1.82) is 0 Å². The third-order valence-corrected chi connectivity index (χ3v) is 10.6. The number of ether oxygens (including phenoxy) is 3. The van der Waals surface area contributed by atoms with Gasteiger partial charge in [0.1, 0.15) is 11.7 Å². The van der Waals surface area contributed by atoms with E-state index >= 15 is 0 Å². The molecule has 5 heterocycles. The first-order valence-corrected chi connectivity index (χ1v) is 15.4. The third kappa shape index (κ3) is 6.90. The van der Waals surface area contributed by atoms with E-state index in [-0.39, 0.29) is 19.6 Å². The van der Waals surface area contributed by atoms with Crippen LogP contribution in [0.3, 0.4) is 0 Å². The maximum absolute atomic E-state index is 12.5.